The van der Waals surface area contributed by atoms with Crippen LogP contribution in [0.15, 0.2) is 16.9 Å². The van der Waals surface area contributed by atoms with Crippen LogP contribution in [0.3, 0.4) is 0 Å². The summed E-state index contributed by atoms with van der Waals surface area (Å²) in [5, 5.41) is 8.88. The van der Waals surface area contributed by atoms with Crippen molar-refractivity contribution < 1.29 is 17.6 Å². The zero-order valence-electron chi connectivity index (χ0n) is 10.0. The van der Waals surface area contributed by atoms with Gasteiger partial charge in [0, 0.05) is 16.8 Å². The molecular formula is C13H6F4N2O. The monoisotopic (exact) mass is 282 g/mol. The smallest absolute Gasteiger partial charge is 0.266 e. The predicted octanol–water partition coefficient (Wildman–Crippen LogP) is 2.78. The number of hydrogen-bond acceptors (Lipinski definition) is 2. The lowest BCUT2D eigenvalue weighted by molar-refractivity contribution is 0.411. The van der Waals surface area contributed by atoms with Gasteiger partial charge < -0.3 is 4.98 Å². The Kier molecular flexibility index (Phi) is 3.32. The molecule has 1 N–H and O–H groups in total. The zero-order chi connectivity index (χ0) is 15.0. The van der Waals surface area contributed by atoms with Gasteiger partial charge in [-0.3, -0.25) is 4.79 Å². The van der Waals surface area contributed by atoms with E-state index < -0.39 is 40.0 Å². The average Bonchev–Trinajstić information content (AvgIpc) is 2.39. The van der Waals surface area contributed by atoms with Crippen molar-refractivity contribution in [3.63, 3.8) is 0 Å². The van der Waals surface area contributed by atoms with Crippen LogP contribution in [0.2, 0.25) is 0 Å². The first-order valence-electron chi connectivity index (χ1n) is 5.34. The van der Waals surface area contributed by atoms with Gasteiger partial charge >= 0.3 is 0 Å². The fraction of sp³-hybridized carbons (Fsp3) is 0.0769. The molecule has 7 heteroatoms. The number of aromatic amines is 1. The molecule has 1 aromatic carbocycles. The predicted molar refractivity (Wildman–Crippen MR) is 61.8 cm³/mol. The minimum atomic E-state index is -2.00. The summed E-state index contributed by atoms with van der Waals surface area (Å²) in [6, 6.07) is 3.10. The topological polar surface area (TPSA) is 56.6 Å². The SMILES string of the molecule is Cc1cc(-c2cc(F)c(F)c(F)c2F)c(C#N)c(=O)[nH]1. The van der Waals surface area contributed by atoms with Gasteiger partial charge in [-0.15, -0.1) is 0 Å². The molecule has 1 heterocycles. The van der Waals surface area contributed by atoms with Gasteiger partial charge in [0.25, 0.3) is 5.56 Å². The fourth-order valence-electron chi connectivity index (χ4n) is 1.78. The molecule has 2 aromatic rings. The Hall–Kier alpha value is -2.62. The van der Waals surface area contributed by atoms with Crippen molar-refractivity contribution in [3.05, 3.63) is 57.0 Å². The van der Waals surface area contributed by atoms with E-state index in [4.69, 9.17) is 5.26 Å². The number of nitriles is 1. The second kappa shape index (κ2) is 4.81. The molecule has 0 spiro atoms. The second-order valence-corrected chi connectivity index (χ2v) is 4.03. The highest BCUT2D eigenvalue weighted by atomic mass is 19.2. The van der Waals surface area contributed by atoms with Gasteiger partial charge in [-0.25, -0.2) is 17.6 Å². The first kappa shape index (κ1) is 13.8. The molecule has 20 heavy (non-hydrogen) atoms. The van der Waals surface area contributed by atoms with E-state index in [1.54, 1.807) is 0 Å². The Labute approximate surface area is 110 Å². The Bertz CT molecular complexity index is 805. The van der Waals surface area contributed by atoms with E-state index in [9.17, 15) is 22.4 Å². The van der Waals surface area contributed by atoms with Gasteiger partial charge in [0.05, 0.1) is 0 Å². The number of nitrogens with one attached hydrogen (secondary N) is 1. The van der Waals surface area contributed by atoms with Crippen LogP contribution in [0, 0.1) is 41.5 Å². The number of benzene rings is 1. The van der Waals surface area contributed by atoms with E-state index in [1.165, 1.54) is 19.1 Å². The van der Waals surface area contributed by atoms with Gasteiger partial charge in [-0.05, 0) is 19.1 Å². The molecule has 0 aliphatic heterocycles. The van der Waals surface area contributed by atoms with E-state index in [0.29, 0.717) is 6.07 Å². The van der Waals surface area contributed by atoms with Crippen LogP contribution < -0.4 is 5.56 Å². The highest BCUT2D eigenvalue weighted by molar-refractivity contribution is 5.71. The van der Waals surface area contributed by atoms with E-state index in [1.807, 2.05) is 0 Å². The van der Waals surface area contributed by atoms with Crippen molar-refractivity contribution in [2.24, 2.45) is 0 Å². The van der Waals surface area contributed by atoms with Crippen LogP contribution in [0.4, 0.5) is 17.6 Å². The minimum Gasteiger partial charge on any atom is -0.325 e. The summed E-state index contributed by atoms with van der Waals surface area (Å²) in [5.74, 6) is -7.22. The summed E-state index contributed by atoms with van der Waals surface area (Å²) in [7, 11) is 0. The summed E-state index contributed by atoms with van der Waals surface area (Å²) >= 11 is 0. The molecule has 3 nitrogen and oxygen atoms in total. The molecule has 0 amide bonds. The van der Waals surface area contributed by atoms with Crippen LogP contribution in [-0.2, 0) is 0 Å². The summed E-state index contributed by atoms with van der Waals surface area (Å²) < 4.78 is 53.0. The molecule has 102 valence electrons. The molecule has 0 saturated heterocycles. The molecule has 0 fully saturated rings. The molecule has 0 bridgehead atoms. The quantitative estimate of drug-likeness (QED) is 0.496. The Balaban J connectivity index is 2.90. The standard InChI is InChI=1S/C13H6F4N2O/c1-5-2-6(8(4-18)13(20)19-5)7-3-9(14)11(16)12(17)10(7)15/h2-3H,1H3,(H,19,20). The molecule has 2 rings (SSSR count). The van der Waals surface area contributed by atoms with Crippen molar-refractivity contribution in [1.29, 1.82) is 5.26 Å². The third kappa shape index (κ3) is 2.05. The maximum Gasteiger partial charge on any atom is 0.266 e. The number of aromatic nitrogens is 1. The molecule has 0 aliphatic carbocycles. The molecule has 0 atom stereocenters. The van der Waals surface area contributed by atoms with Crippen molar-refractivity contribution in [1.82, 2.24) is 4.98 Å². The van der Waals surface area contributed by atoms with Gasteiger partial charge in [0.15, 0.2) is 23.3 Å². The van der Waals surface area contributed by atoms with Crippen molar-refractivity contribution in [2.75, 3.05) is 0 Å². The lowest BCUT2D eigenvalue weighted by atomic mass is 10.00. The van der Waals surface area contributed by atoms with E-state index in [2.05, 4.69) is 4.98 Å². The first-order chi connectivity index (χ1) is 9.36. The largest absolute Gasteiger partial charge is 0.325 e. The Morgan fingerprint density at radius 3 is 2.30 bits per heavy atom. The van der Waals surface area contributed by atoms with Crippen LogP contribution in [0.1, 0.15) is 11.3 Å². The van der Waals surface area contributed by atoms with Crippen LogP contribution >= 0.6 is 0 Å². The van der Waals surface area contributed by atoms with Gasteiger partial charge in [0.1, 0.15) is 11.6 Å². The highest BCUT2D eigenvalue weighted by Gasteiger charge is 2.22. The molecular weight excluding hydrogens is 276 g/mol. The minimum absolute atomic E-state index is 0.258. The summed E-state index contributed by atoms with van der Waals surface area (Å²) in [6.45, 7) is 1.44. The van der Waals surface area contributed by atoms with Crippen LogP contribution in [0.25, 0.3) is 11.1 Å². The number of pyridine rings is 1. The van der Waals surface area contributed by atoms with Crippen LogP contribution in [-0.4, -0.2) is 4.98 Å². The van der Waals surface area contributed by atoms with Crippen LogP contribution in [0.5, 0.6) is 0 Å². The summed E-state index contributed by atoms with van der Waals surface area (Å²) in [4.78, 5) is 13.8. The van der Waals surface area contributed by atoms with Crippen molar-refractivity contribution >= 4 is 0 Å². The molecule has 0 unspecified atom stereocenters. The first-order valence-corrected chi connectivity index (χ1v) is 5.34. The molecule has 0 aliphatic rings. The second-order valence-electron chi connectivity index (χ2n) is 4.03. The number of hydrogen-bond donors (Lipinski definition) is 1. The molecule has 0 saturated carbocycles. The van der Waals surface area contributed by atoms with E-state index >= 15 is 0 Å². The number of halogens is 4. The third-order valence-corrected chi connectivity index (χ3v) is 2.67. The number of nitrogens with zero attached hydrogens (tertiary/aromatic N) is 1. The molecule has 1 aromatic heterocycles. The van der Waals surface area contributed by atoms with Crippen molar-refractivity contribution in [3.8, 4) is 17.2 Å². The fourth-order valence-corrected chi connectivity index (χ4v) is 1.78. The van der Waals surface area contributed by atoms with Gasteiger partial charge in [-0.2, -0.15) is 5.26 Å². The van der Waals surface area contributed by atoms with E-state index in [-0.39, 0.29) is 11.3 Å². The Morgan fingerprint density at radius 2 is 1.70 bits per heavy atom. The van der Waals surface area contributed by atoms with Crippen molar-refractivity contribution in [2.45, 2.75) is 6.92 Å². The Morgan fingerprint density at radius 1 is 1.05 bits per heavy atom. The number of H-pyrrole nitrogens is 1. The third-order valence-electron chi connectivity index (χ3n) is 2.67. The van der Waals surface area contributed by atoms with Gasteiger partial charge in [0.2, 0.25) is 0 Å². The van der Waals surface area contributed by atoms with E-state index in [0.717, 1.165) is 0 Å². The lowest BCUT2D eigenvalue weighted by Crippen LogP contribution is -2.13. The van der Waals surface area contributed by atoms with Gasteiger partial charge in [-0.1, -0.05) is 0 Å². The molecule has 0 radical (unpaired) electrons. The number of rotatable bonds is 1. The average molecular weight is 282 g/mol. The highest BCUT2D eigenvalue weighted by Crippen LogP contribution is 2.29. The zero-order valence-corrected chi connectivity index (χ0v) is 10.0. The normalized spacial score (nSPS) is 10.4. The summed E-state index contributed by atoms with van der Waals surface area (Å²) in [5.41, 5.74) is -2.07. The maximum atomic E-state index is 13.7. The summed E-state index contributed by atoms with van der Waals surface area (Å²) in [6.07, 6.45) is 0. The number of aryl methyl sites for hydroxylation is 1. The maximum absolute atomic E-state index is 13.7. The lowest BCUT2D eigenvalue weighted by Gasteiger charge is -2.08.